The Morgan fingerprint density at radius 3 is 2.54 bits per heavy atom. The van der Waals surface area contributed by atoms with Crippen LogP contribution in [0.15, 0.2) is 73.1 Å². The van der Waals surface area contributed by atoms with Crippen molar-refractivity contribution in [3.05, 3.63) is 73.1 Å². The number of hydrogen-bond donors (Lipinski definition) is 2. The Morgan fingerprint density at radius 2 is 1.66 bits per heavy atom. The fourth-order valence-corrected chi connectivity index (χ4v) is 5.09. The van der Waals surface area contributed by atoms with Gasteiger partial charge in [-0.2, -0.15) is 5.10 Å². The summed E-state index contributed by atoms with van der Waals surface area (Å²) in [6.07, 6.45) is 3.81. The number of piperazine rings is 1. The average Bonchev–Trinajstić information content (AvgIpc) is 3.55. The first-order chi connectivity index (χ1) is 17.2. The third-order valence-electron chi connectivity index (χ3n) is 7.10. The average molecular weight is 460 g/mol. The van der Waals surface area contributed by atoms with E-state index in [9.17, 15) is 0 Å². The van der Waals surface area contributed by atoms with Gasteiger partial charge in [0.25, 0.3) is 0 Å². The van der Waals surface area contributed by atoms with Crippen molar-refractivity contribution in [2.45, 2.75) is 0 Å². The number of imidazole rings is 1. The number of nitrogens with one attached hydrogen (secondary N) is 2. The van der Waals surface area contributed by atoms with Crippen molar-refractivity contribution >= 4 is 38.4 Å². The van der Waals surface area contributed by atoms with Crippen LogP contribution >= 0.6 is 0 Å². The Kier molecular flexibility index (Phi) is 4.57. The molecule has 1 fully saturated rings. The largest absolute Gasteiger partial charge is 0.369 e. The molecule has 35 heavy (non-hydrogen) atoms. The van der Waals surface area contributed by atoms with Gasteiger partial charge in [0.15, 0.2) is 0 Å². The monoisotopic (exact) mass is 459 g/mol. The highest BCUT2D eigenvalue weighted by Gasteiger charge is 2.19. The van der Waals surface area contributed by atoms with Crippen LogP contribution in [0.2, 0.25) is 0 Å². The van der Waals surface area contributed by atoms with Gasteiger partial charge in [-0.15, -0.1) is 0 Å². The Labute approximate surface area is 202 Å². The summed E-state index contributed by atoms with van der Waals surface area (Å²) in [6.45, 7) is 4.22. The minimum Gasteiger partial charge on any atom is -0.369 e. The van der Waals surface area contributed by atoms with Gasteiger partial charge < -0.3 is 14.8 Å². The summed E-state index contributed by atoms with van der Waals surface area (Å²) >= 11 is 0. The van der Waals surface area contributed by atoms with E-state index in [1.807, 2.05) is 18.5 Å². The van der Waals surface area contributed by atoms with Gasteiger partial charge in [0.2, 0.25) is 0 Å². The summed E-state index contributed by atoms with van der Waals surface area (Å²) in [7, 11) is 2.18. The second-order valence-electron chi connectivity index (χ2n) is 9.31. The fourth-order valence-electron chi connectivity index (χ4n) is 5.09. The Balaban J connectivity index is 1.37. The van der Waals surface area contributed by atoms with Crippen LogP contribution in [0.4, 0.5) is 5.69 Å². The van der Waals surface area contributed by atoms with E-state index in [0.29, 0.717) is 0 Å². The molecule has 7 nitrogen and oxygen atoms in total. The molecule has 172 valence electrons. The molecule has 0 radical (unpaired) electrons. The topological polar surface area (TPSA) is 76.7 Å². The molecular weight excluding hydrogens is 434 g/mol. The molecule has 4 heterocycles. The van der Waals surface area contributed by atoms with Crippen LogP contribution < -0.4 is 4.90 Å². The molecule has 3 aromatic heterocycles. The number of nitrogens with zero attached hydrogens (tertiary/aromatic N) is 5. The predicted molar refractivity (Wildman–Crippen MR) is 142 cm³/mol. The summed E-state index contributed by atoms with van der Waals surface area (Å²) in [6, 6.07) is 21.2. The lowest BCUT2D eigenvalue weighted by Crippen LogP contribution is -2.44. The van der Waals surface area contributed by atoms with E-state index in [4.69, 9.17) is 9.97 Å². The number of H-pyrrole nitrogens is 2. The van der Waals surface area contributed by atoms with Crippen LogP contribution in [-0.2, 0) is 0 Å². The molecule has 0 spiro atoms. The molecular formula is C28H25N7. The quantitative estimate of drug-likeness (QED) is 0.386. The Bertz CT molecular complexity index is 1690. The van der Waals surface area contributed by atoms with Crippen molar-refractivity contribution in [2.75, 3.05) is 38.1 Å². The molecule has 7 heteroatoms. The zero-order valence-electron chi connectivity index (χ0n) is 19.5. The highest BCUT2D eigenvalue weighted by Crippen LogP contribution is 2.37. The summed E-state index contributed by atoms with van der Waals surface area (Å²) in [5.74, 6) is 0.826. The molecule has 7 rings (SSSR count). The molecule has 0 saturated carbocycles. The lowest BCUT2D eigenvalue weighted by atomic mass is 9.98. The molecule has 0 atom stereocenters. The zero-order valence-corrected chi connectivity index (χ0v) is 19.5. The second kappa shape index (κ2) is 7.92. The number of aromatic nitrogens is 5. The van der Waals surface area contributed by atoms with E-state index in [2.05, 4.69) is 86.6 Å². The molecule has 1 aliphatic rings. The molecule has 1 saturated heterocycles. The first kappa shape index (κ1) is 20.2. The van der Waals surface area contributed by atoms with Crippen molar-refractivity contribution in [3.63, 3.8) is 0 Å². The van der Waals surface area contributed by atoms with Crippen LogP contribution in [0.3, 0.4) is 0 Å². The van der Waals surface area contributed by atoms with Crippen molar-refractivity contribution in [3.8, 4) is 22.6 Å². The zero-order chi connectivity index (χ0) is 23.4. The van der Waals surface area contributed by atoms with E-state index < -0.39 is 0 Å². The van der Waals surface area contributed by atoms with Gasteiger partial charge in [-0.3, -0.25) is 10.1 Å². The predicted octanol–water partition coefficient (Wildman–Crippen LogP) is 5.07. The van der Waals surface area contributed by atoms with Gasteiger partial charge in [-0.25, -0.2) is 4.98 Å². The van der Waals surface area contributed by atoms with Crippen molar-refractivity contribution in [1.29, 1.82) is 0 Å². The number of rotatable bonds is 3. The number of anilines is 1. The van der Waals surface area contributed by atoms with E-state index in [0.717, 1.165) is 81.5 Å². The minimum absolute atomic E-state index is 0.826. The van der Waals surface area contributed by atoms with Crippen LogP contribution in [0.5, 0.6) is 0 Å². The number of aromatic amines is 2. The first-order valence-corrected chi connectivity index (χ1v) is 12.0. The fraction of sp³-hybridized carbons (Fsp3) is 0.179. The number of pyridine rings is 1. The smallest absolute Gasteiger partial charge is 0.139 e. The van der Waals surface area contributed by atoms with E-state index >= 15 is 0 Å². The van der Waals surface area contributed by atoms with Crippen LogP contribution in [-0.4, -0.2) is 63.3 Å². The van der Waals surface area contributed by atoms with Crippen molar-refractivity contribution < 1.29 is 0 Å². The molecule has 2 N–H and O–H groups in total. The molecule has 1 aliphatic heterocycles. The van der Waals surface area contributed by atoms with Gasteiger partial charge in [0.05, 0.1) is 28.4 Å². The third-order valence-corrected chi connectivity index (χ3v) is 7.10. The van der Waals surface area contributed by atoms with Crippen LogP contribution in [0, 0.1) is 0 Å². The lowest BCUT2D eigenvalue weighted by Gasteiger charge is -2.34. The molecule has 3 aromatic carbocycles. The Morgan fingerprint density at radius 1 is 0.829 bits per heavy atom. The van der Waals surface area contributed by atoms with E-state index in [-0.39, 0.29) is 0 Å². The summed E-state index contributed by atoms with van der Waals surface area (Å²) in [5, 5.41) is 10.7. The van der Waals surface area contributed by atoms with Crippen LogP contribution in [0.1, 0.15) is 0 Å². The van der Waals surface area contributed by atoms with Gasteiger partial charge in [0, 0.05) is 60.0 Å². The maximum atomic E-state index is 5.07. The number of hydrogen-bond acceptors (Lipinski definition) is 5. The minimum atomic E-state index is 0.826. The lowest BCUT2D eigenvalue weighted by molar-refractivity contribution is 0.313. The number of likely N-dealkylation sites (N-methyl/N-ethyl adjacent to an activating group) is 1. The maximum absolute atomic E-state index is 5.07. The molecule has 0 unspecified atom stereocenters. The number of fused-ring (bicyclic) bond motifs is 3. The summed E-state index contributed by atoms with van der Waals surface area (Å²) in [5.41, 5.74) is 7.15. The van der Waals surface area contributed by atoms with Gasteiger partial charge in [-0.05, 0) is 48.8 Å². The first-order valence-electron chi connectivity index (χ1n) is 12.0. The van der Waals surface area contributed by atoms with Crippen LogP contribution in [0.25, 0.3) is 55.4 Å². The molecule has 0 amide bonds. The SMILES string of the molecule is CN1CCN(c2ccc3[nH]c(-c4c(-c5cc6ccccc6cn5)ccc5[nH]ncc45)nc3c2)CC1. The standard InChI is InChI=1S/C28H25N7/c1-34-10-12-35(13-11-34)20-6-8-24-26(15-20)32-28(31-24)27-21(7-9-23-22(27)17-30-33-23)25-14-18-4-2-3-5-19(18)16-29-25/h2-9,14-17H,10-13H2,1H3,(H,30,33)(H,31,32). The highest BCUT2D eigenvalue weighted by molar-refractivity contribution is 6.02. The maximum Gasteiger partial charge on any atom is 0.139 e. The normalized spacial score (nSPS) is 14.9. The number of benzene rings is 3. The van der Waals surface area contributed by atoms with Crippen molar-refractivity contribution in [1.82, 2.24) is 30.0 Å². The highest BCUT2D eigenvalue weighted by atomic mass is 15.2. The molecule has 0 aliphatic carbocycles. The second-order valence-corrected chi connectivity index (χ2v) is 9.31. The third kappa shape index (κ3) is 3.43. The van der Waals surface area contributed by atoms with Gasteiger partial charge in [-0.1, -0.05) is 24.3 Å². The van der Waals surface area contributed by atoms with Gasteiger partial charge in [0.1, 0.15) is 5.82 Å². The van der Waals surface area contributed by atoms with E-state index in [1.165, 1.54) is 5.69 Å². The van der Waals surface area contributed by atoms with Gasteiger partial charge >= 0.3 is 0 Å². The summed E-state index contributed by atoms with van der Waals surface area (Å²) in [4.78, 5) is 18.3. The molecule has 0 bridgehead atoms. The summed E-state index contributed by atoms with van der Waals surface area (Å²) < 4.78 is 0. The van der Waals surface area contributed by atoms with E-state index in [1.54, 1.807) is 0 Å². The Hall–Kier alpha value is -4.23. The molecule has 6 aromatic rings. The van der Waals surface area contributed by atoms with Crippen molar-refractivity contribution in [2.24, 2.45) is 0 Å².